The quantitative estimate of drug-likeness (QED) is 0.800. The fourth-order valence-corrected chi connectivity index (χ4v) is 3.23. The zero-order valence-electron chi connectivity index (χ0n) is 16.2. The summed E-state index contributed by atoms with van der Waals surface area (Å²) in [5.41, 5.74) is 2.86. The van der Waals surface area contributed by atoms with Crippen LogP contribution in [0.25, 0.3) is 0 Å². The lowest BCUT2D eigenvalue weighted by molar-refractivity contribution is -0.117. The second-order valence-corrected chi connectivity index (χ2v) is 7.06. The molecule has 148 valence electrons. The van der Waals surface area contributed by atoms with Crippen molar-refractivity contribution in [2.24, 2.45) is 0 Å². The minimum Gasteiger partial charge on any atom is -0.376 e. The molecular formula is C21H25N3O4. The molecule has 2 amide bonds. The molecule has 7 nitrogen and oxygen atoms in total. The molecule has 0 spiro atoms. The zero-order valence-corrected chi connectivity index (χ0v) is 16.2. The van der Waals surface area contributed by atoms with Crippen LogP contribution >= 0.6 is 0 Å². The van der Waals surface area contributed by atoms with Gasteiger partial charge < -0.3 is 19.9 Å². The summed E-state index contributed by atoms with van der Waals surface area (Å²) in [6.45, 7) is 4.83. The van der Waals surface area contributed by atoms with Gasteiger partial charge in [-0.15, -0.1) is 0 Å². The Morgan fingerprint density at radius 3 is 2.75 bits per heavy atom. The highest BCUT2D eigenvalue weighted by atomic mass is 16.5. The van der Waals surface area contributed by atoms with Crippen molar-refractivity contribution in [1.29, 1.82) is 0 Å². The number of H-pyrrole nitrogens is 1. The molecule has 1 fully saturated rings. The summed E-state index contributed by atoms with van der Waals surface area (Å²) in [5.74, 6) is -0.590. The molecule has 0 unspecified atom stereocenters. The van der Waals surface area contributed by atoms with E-state index in [1.807, 2.05) is 32.0 Å². The van der Waals surface area contributed by atoms with Crippen molar-refractivity contribution >= 4 is 17.5 Å². The van der Waals surface area contributed by atoms with Crippen LogP contribution in [0.15, 0.2) is 41.3 Å². The summed E-state index contributed by atoms with van der Waals surface area (Å²) in [7, 11) is 0. The van der Waals surface area contributed by atoms with Crippen molar-refractivity contribution < 1.29 is 14.3 Å². The summed E-state index contributed by atoms with van der Waals surface area (Å²) in [6, 6.07) is 8.47. The molecule has 28 heavy (non-hydrogen) atoms. The maximum atomic E-state index is 12.9. The van der Waals surface area contributed by atoms with E-state index in [-0.39, 0.29) is 30.0 Å². The molecule has 3 rings (SSSR count). The molecule has 0 saturated carbocycles. The number of nitrogens with zero attached hydrogens (tertiary/aromatic N) is 1. The monoisotopic (exact) mass is 383 g/mol. The van der Waals surface area contributed by atoms with E-state index in [2.05, 4.69) is 10.3 Å². The Kier molecular flexibility index (Phi) is 6.26. The fourth-order valence-electron chi connectivity index (χ4n) is 3.23. The third-order valence-electron chi connectivity index (χ3n) is 4.98. The molecule has 7 heteroatoms. The molecule has 0 radical (unpaired) electrons. The molecule has 1 atom stereocenters. The SMILES string of the molecule is Cc1cccc(NC(=O)CN(C[C@@H]2CCCO2)C(=O)c2ccc(=O)[nH]c2)c1C. The van der Waals surface area contributed by atoms with Crippen LogP contribution in [-0.4, -0.2) is 47.5 Å². The van der Waals surface area contributed by atoms with Gasteiger partial charge in [-0.05, 0) is 49.9 Å². The number of pyridine rings is 1. The van der Waals surface area contributed by atoms with Gasteiger partial charge in [0, 0.05) is 31.1 Å². The highest BCUT2D eigenvalue weighted by Crippen LogP contribution is 2.19. The molecular weight excluding hydrogens is 358 g/mol. The first-order chi connectivity index (χ1) is 13.4. The number of nitrogens with one attached hydrogen (secondary N) is 2. The van der Waals surface area contributed by atoms with Crippen molar-refractivity contribution in [1.82, 2.24) is 9.88 Å². The molecule has 2 aromatic rings. The number of carbonyl (C=O) groups excluding carboxylic acids is 2. The van der Waals surface area contributed by atoms with Gasteiger partial charge >= 0.3 is 0 Å². The number of ether oxygens (including phenoxy) is 1. The van der Waals surface area contributed by atoms with E-state index in [1.165, 1.54) is 23.2 Å². The van der Waals surface area contributed by atoms with Crippen LogP contribution in [0.2, 0.25) is 0 Å². The lowest BCUT2D eigenvalue weighted by Gasteiger charge is -2.25. The Labute approximate surface area is 163 Å². The first-order valence-electron chi connectivity index (χ1n) is 9.39. The van der Waals surface area contributed by atoms with Crippen LogP contribution in [0.1, 0.15) is 34.3 Å². The van der Waals surface area contributed by atoms with Crippen LogP contribution in [0.5, 0.6) is 0 Å². The van der Waals surface area contributed by atoms with Gasteiger partial charge in [0.05, 0.1) is 11.7 Å². The van der Waals surface area contributed by atoms with Gasteiger partial charge in [0.25, 0.3) is 5.91 Å². The third kappa shape index (κ3) is 4.86. The molecule has 2 N–H and O–H groups in total. The topological polar surface area (TPSA) is 91.5 Å². The maximum absolute atomic E-state index is 12.9. The average molecular weight is 383 g/mol. The Morgan fingerprint density at radius 1 is 1.25 bits per heavy atom. The van der Waals surface area contributed by atoms with Crippen LogP contribution in [0.4, 0.5) is 5.69 Å². The zero-order chi connectivity index (χ0) is 20.1. The summed E-state index contributed by atoms with van der Waals surface area (Å²) in [6.07, 6.45) is 3.09. The molecule has 0 aliphatic carbocycles. The summed E-state index contributed by atoms with van der Waals surface area (Å²) >= 11 is 0. The Balaban J connectivity index is 1.74. The number of aromatic nitrogens is 1. The second-order valence-electron chi connectivity index (χ2n) is 7.06. The van der Waals surface area contributed by atoms with Crippen LogP contribution < -0.4 is 10.9 Å². The molecule has 2 heterocycles. The van der Waals surface area contributed by atoms with E-state index >= 15 is 0 Å². The van der Waals surface area contributed by atoms with E-state index in [1.54, 1.807) is 0 Å². The summed E-state index contributed by atoms with van der Waals surface area (Å²) in [4.78, 5) is 40.8. The van der Waals surface area contributed by atoms with Crippen molar-refractivity contribution in [3.8, 4) is 0 Å². The Bertz CT molecular complexity index is 896. The minimum absolute atomic E-state index is 0.0831. The second kappa shape index (κ2) is 8.84. The Hall–Kier alpha value is -2.93. The molecule has 0 bridgehead atoms. The predicted octanol–water partition coefficient (Wildman–Crippen LogP) is 2.25. The smallest absolute Gasteiger partial charge is 0.255 e. The van der Waals surface area contributed by atoms with Crippen LogP contribution in [-0.2, 0) is 9.53 Å². The summed E-state index contributed by atoms with van der Waals surface area (Å²) < 4.78 is 5.64. The van der Waals surface area contributed by atoms with E-state index in [4.69, 9.17) is 4.74 Å². The number of hydrogen-bond acceptors (Lipinski definition) is 4. The number of benzene rings is 1. The van der Waals surface area contributed by atoms with Gasteiger partial charge in [-0.25, -0.2) is 0 Å². The lowest BCUT2D eigenvalue weighted by Crippen LogP contribution is -2.42. The molecule has 1 saturated heterocycles. The maximum Gasteiger partial charge on any atom is 0.255 e. The number of aromatic amines is 1. The molecule has 1 aliphatic rings. The number of anilines is 1. The van der Waals surface area contributed by atoms with E-state index in [9.17, 15) is 14.4 Å². The molecule has 1 aliphatic heterocycles. The van der Waals surface area contributed by atoms with E-state index < -0.39 is 0 Å². The number of hydrogen-bond donors (Lipinski definition) is 2. The first kappa shape index (κ1) is 19.8. The van der Waals surface area contributed by atoms with Crippen molar-refractivity contribution in [2.45, 2.75) is 32.8 Å². The Morgan fingerprint density at radius 2 is 2.07 bits per heavy atom. The van der Waals surface area contributed by atoms with E-state index in [0.29, 0.717) is 18.7 Å². The standard InChI is InChI=1S/C21H25N3O4/c1-14-5-3-7-18(15(14)2)23-20(26)13-24(12-17-6-4-10-28-17)21(27)16-8-9-19(25)22-11-16/h3,5,7-9,11,17H,4,6,10,12-13H2,1-2H3,(H,22,25)(H,23,26)/t17-/m0/s1. The van der Waals surface area contributed by atoms with Gasteiger partial charge in [-0.1, -0.05) is 12.1 Å². The van der Waals surface area contributed by atoms with Gasteiger partial charge in [-0.2, -0.15) is 0 Å². The lowest BCUT2D eigenvalue weighted by atomic mass is 10.1. The largest absolute Gasteiger partial charge is 0.376 e. The van der Waals surface area contributed by atoms with Gasteiger partial charge in [0.15, 0.2) is 0 Å². The minimum atomic E-state index is -0.317. The van der Waals surface area contributed by atoms with Crippen molar-refractivity contribution in [3.63, 3.8) is 0 Å². The van der Waals surface area contributed by atoms with Crippen LogP contribution in [0, 0.1) is 13.8 Å². The van der Waals surface area contributed by atoms with Gasteiger partial charge in [0.2, 0.25) is 11.5 Å². The highest BCUT2D eigenvalue weighted by molar-refractivity contribution is 5.99. The van der Waals surface area contributed by atoms with Gasteiger partial charge in [-0.3, -0.25) is 14.4 Å². The molecule has 1 aromatic heterocycles. The molecule has 1 aromatic carbocycles. The van der Waals surface area contributed by atoms with Crippen LogP contribution in [0.3, 0.4) is 0 Å². The number of carbonyl (C=O) groups is 2. The first-order valence-corrected chi connectivity index (χ1v) is 9.39. The predicted molar refractivity (Wildman–Crippen MR) is 106 cm³/mol. The highest BCUT2D eigenvalue weighted by Gasteiger charge is 2.25. The summed E-state index contributed by atoms with van der Waals surface area (Å²) in [5, 5.41) is 2.89. The average Bonchev–Trinajstić information content (AvgIpc) is 3.18. The number of aryl methyl sites for hydroxylation is 1. The van der Waals surface area contributed by atoms with Gasteiger partial charge in [0.1, 0.15) is 6.54 Å². The number of rotatable bonds is 6. The van der Waals surface area contributed by atoms with E-state index in [0.717, 1.165) is 29.7 Å². The fraction of sp³-hybridized carbons (Fsp3) is 0.381. The normalized spacial score (nSPS) is 16.0. The van der Waals surface area contributed by atoms with Crippen molar-refractivity contribution in [2.75, 3.05) is 25.0 Å². The van der Waals surface area contributed by atoms with Crippen molar-refractivity contribution in [3.05, 3.63) is 63.6 Å². The number of amides is 2. The third-order valence-corrected chi connectivity index (χ3v) is 4.98.